The molecule has 0 aromatic rings. The molecule has 4 saturated carbocycles. The Bertz CT molecular complexity index is 2950. The predicted molar refractivity (Wildman–Crippen MR) is 464 cm³/mol. The van der Waals surface area contributed by atoms with Crippen LogP contribution in [0.3, 0.4) is 0 Å². The molecule has 12 atom stereocenters. The third-order valence-electron chi connectivity index (χ3n) is 24.0. The zero-order valence-corrected chi connectivity index (χ0v) is 77.2. The Hall–Kier alpha value is -9.28. The minimum absolute atomic E-state index is 0.00351. The zero-order valence-electron chi connectivity index (χ0n) is 77.2. The molecule has 4 rings (SSSR count). The highest BCUT2D eigenvalue weighted by Gasteiger charge is 2.48. The molecule has 0 saturated heterocycles. The van der Waals surface area contributed by atoms with Crippen LogP contribution in [0.2, 0.25) is 0 Å². The van der Waals surface area contributed by atoms with Gasteiger partial charge in [0.1, 0.15) is 84.7 Å². The second-order valence-corrected chi connectivity index (χ2v) is 34.9. The van der Waals surface area contributed by atoms with Crippen LogP contribution in [-0.4, -0.2) is 200 Å². The molecule has 4 amide bonds. The molecule has 0 aromatic carbocycles. The molecular formula is C93H152N4O32. The Balaban J connectivity index is 1.82. The number of nitrogens with two attached hydrogens (primary N) is 4. The van der Waals surface area contributed by atoms with Crippen LogP contribution in [0.25, 0.3) is 0 Å². The van der Waals surface area contributed by atoms with Crippen molar-refractivity contribution >= 4 is 96.0 Å². The molecule has 4 aliphatic rings. The highest BCUT2D eigenvalue weighted by molar-refractivity contribution is 5.85. The van der Waals surface area contributed by atoms with Crippen molar-refractivity contribution in [1.82, 2.24) is 0 Å². The summed E-state index contributed by atoms with van der Waals surface area (Å²) in [6.45, 7) is -0.304. The second kappa shape index (κ2) is 67.0. The molecule has 0 spiro atoms. The molecule has 12 unspecified atom stereocenters. The van der Waals surface area contributed by atoms with Crippen LogP contribution >= 0.6 is 0 Å². The Labute approximate surface area is 760 Å². The molecule has 0 heterocycles. The number of ether oxygens (including phenoxy) is 16. The third kappa shape index (κ3) is 48.4. The van der Waals surface area contributed by atoms with Crippen LogP contribution in [-0.2, 0) is 133 Å². The van der Waals surface area contributed by atoms with Gasteiger partial charge in [0.15, 0.2) is 24.4 Å². The van der Waals surface area contributed by atoms with Gasteiger partial charge in [-0.05, 0) is 77.0 Å². The maximum Gasteiger partial charge on any atom is 0.404 e. The lowest BCUT2D eigenvalue weighted by atomic mass is 9.78. The number of rotatable bonds is 68. The average Bonchev–Trinajstić information content (AvgIpc) is 0.803. The second-order valence-electron chi connectivity index (χ2n) is 34.9. The van der Waals surface area contributed by atoms with Gasteiger partial charge < -0.3 is 98.7 Å². The first-order chi connectivity index (χ1) is 62.1. The lowest BCUT2D eigenvalue weighted by molar-refractivity contribution is -0.186. The van der Waals surface area contributed by atoms with E-state index >= 15 is 19.2 Å². The first-order valence-electron chi connectivity index (χ1n) is 47.9. The summed E-state index contributed by atoms with van der Waals surface area (Å²) in [6.07, 6.45) is 18.7. The normalized spacial score (nSPS) is 19.8. The van der Waals surface area contributed by atoms with Crippen molar-refractivity contribution < 1.29 is 153 Å². The Morgan fingerprint density at radius 1 is 0.217 bits per heavy atom. The molecule has 129 heavy (non-hydrogen) atoms. The summed E-state index contributed by atoms with van der Waals surface area (Å²) in [5, 5.41) is 0. The van der Waals surface area contributed by atoms with E-state index < -0.39 is 252 Å². The summed E-state index contributed by atoms with van der Waals surface area (Å²) in [5.74, 6) is -21.0. The monoisotopic (exact) mass is 1840 g/mol. The van der Waals surface area contributed by atoms with Gasteiger partial charge in [0, 0.05) is 25.7 Å². The van der Waals surface area contributed by atoms with Crippen LogP contribution in [0.4, 0.5) is 19.2 Å². The molecule has 8 N–H and O–H groups in total. The van der Waals surface area contributed by atoms with E-state index in [0.29, 0.717) is 77.0 Å². The third-order valence-corrected chi connectivity index (χ3v) is 24.0. The van der Waals surface area contributed by atoms with Crippen molar-refractivity contribution in [3.8, 4) is 0 Å². The topological polar surface area (TPSA) is 525 Å². The molecule has 0 radical (unpaired) electrons. The maximum absolute atomic E-state index is 15.2. The van der Waals surface area contributed by atoms with Crippen LogP contribution < -0.4 is 22.9 Å². The van der Waals surface area contributed by atoms with E-state index in [2.05, 4.69) is 27.7 Å². The van der Waals surface area contributed by atoms with Gasteiger partial charge in [0.05, 0.1) is 47.3 Å². The number of unbranched alkanes of at least 4 members (excludes halogenated alkanes) is 24. The summed E-state index contributed by atoms with van der Waals surface area (Å²) in [7, 11) is 0. The minimum atomic E-state index is -2.24. The standard InChI is InChI=1S/C93H152N4O32/c1-5-9-13-17-21-25-29-49-77(98)114-53-65(57-118-89(94)110)126-85(106)73-45-37-33-41-69(73)81(102)122-61-93(62-123-82(103)70-42-34-38-46-74(70)86(107)127-66(58-119-90(95)111)54-115-78(99)50-30-26-22-18-14-10-6-2,63-124-83(104)71-43-35-39-47-75(71)87(108)128-67(59-120-91(96)112)55-116-79(100)51-31-27-23-19-15-11-7-3)64-125-84(105)72-44-36-40-48-76(72)88(109)129-68(60-121-92(97)113)56-117-80(101)52-32-28-24-20-16-12-8-4/h65-76H,5-64H2,1-4H3,(H2,94,110)(H2,95,111)(H2,96,112)(H2,97,113). The molecule has 0 aromatic heterocycles. The molecular weight excluding hydrogens is 1690 g/mol. The molecule has 0 bridgehead atoms. The Morgan fingerprint density at radius 2 is 0.372 bits per heavy atom. The molecule has 0 aliphatic heterocycles. The number of hydrogen-bond acceptors (Lipinski definition) is 32. The average molecular weight is 1840 g/mol. The largest absolute Gasteiger partial charge is 0.464 e. The van der Waals surface area contributed by atoms with Crippen molar-refractivity contribution in [2.24, 2.45) is 75.7 Å². The van der Waals surface area contributed by atoms with Gasteiger partial charge >= 0.3 is 96.0 Å². The SMILES string of the molecule is CCCCCCCCCC(=O)OCC(COC(N)=O)OC(=O)C1CCCCC1C(=O)OCC(COC(=O)C1CCCCC1C(=O)OC(COC(N)=O)COC(=O)CCCCCCCCC)(COC(=O)C1CCCCC1C(=O)OC(COC(N)=O)COC(=O)CCCCCCCCC)COC(=O)C1CCCCC1C(=O)OC(COC(N)=O)COC(=O)CCCCCCCCC. The van der Waals surface area contributed by atoms with E-state index in [1.54, 1.807) is 0 Å². The first-order valence-corrected chi connectivity index (χ1v) is 47.9. The summed E-state index contributed by atoms with van der Waals surface area (Å²) in [4.78, 5) is 219. The van der Waals surface area contributed by atoms with E-state index in [4.69, 9.17) is 98.7 Å². The van der Waals surface area contributed by atoms with Crippen LogP contribution in [0.1, 0.15) is 336 Å². The van der Waals surface area contributed by atoms with E-state index in [1.807, 2.05) is 0 Å². The molecule has 4 fully saturated rings. The summed E-state index contributed by atoms with van der Waals surface area (Å²) < 4.78 is 90.5. The summed E-state index contributed by atoms with van der Waals surface area (Å²) in [6, 6.07) is 0. The van der Waals surface area contributed by atoms with E-state index in [-0.39, 0.29) is 77.0 Å². The van der Waals surface area contributed by atoms with Gasteiger partial charge in [-0.2, -0.15) is 0 Å². The van der Waals surface area contributed by atoms with Crippen molar-refractivity contribution in [2.75, 3.05) is 79.3 Å². The number of carbonyl (C=O) groups is 16. The Kier molecular flexibility index (Phi) is 58.2. The van der Waals surface area contributed by atoms with Crippen LogP contribution in [0.15, 0.2) is 0 Å². The maximum atomic E-state index is 15.2. The number of hydrogen-bond donors (Lipinski definition) is 4. The molecule has 4 aliphatic carbocycles. The molecule has 36 heteroatoms. The van der Waals surface area contributed by atoms with Crippen molar-refractivity contribution in [3.05, 3.63) is 0 Å². The number of carbonyl (C=O) groups excluding carboxylic acids is 16. The van der Waals surface area contributed by atoms with Gasteiger partial charge in [-0.25, -0.2) is 19.2 Å². The highest BCUT2D eigenvalue weighted by atomic mass is 16.6. The smallest absolute Gasteiger partial charge is 0.404 e. The summed E-state index contributed by atoms with van der Waals surface area (Å²) in [5.41, 5.74) is 19.1. The van der Waals surface area contributed by atoms with Gasteiger partial charge in [0.25, 0.3) is 0 Å². The van der Waals surface area contributed by atoms with E-state index in [1.165, 1.54) is 0 Å². The van der Waals surface area contributed by atoms with Crippen LogP contribution in [0, 0.1) is 52.8 Å². The fourth-order valence-corrected chi connectivity index (χ4v) is 16.5. The van der Waals surface area contributed by atoms with Gasteiger partial charge in [-0.1, -0.05) is 233 Å². The fraction of sp³-hybridized carbons (Fsp3) is 0.828. The lowest BCUT2D eigenvalue weighted by Gasteiger charge is -2.36. The minimum Gasteiger partial charge on any atom is -0.464 e. The highest BCUT2D eigenvalue weighted by Crippen LogP contribution is 2.39. The summed E-state index contributed by atoms with van der Waals surface area (Å²) >= 11 is 0. The van der Waals surface area contributed by atoms with E-state index in [9.17, 15) is 57.5 Å². The van der Waals surface area contributed by atoms with Gasteiger partial charge in [-0.3, -0.25) is 57.5 Å². The quantitative estimate of drug-likeness (QED) is 0.0250. The first kappa shape index (κ1) is 112. The van der Waals surface area contributed by atoms with Crippen molar-refractivity contribution in [1.29, 1.82) is 0 Å². The number of primary amides is 4. The number of esters is 12. The number of amides is 4. The van der Waals surface area contributed by atoms with Crippen molar-refractivity contribution in [2.45, 2.75) is 360 Å². The molecule has 736 valence electrons. The lowest BCUT2D eigenvalue weighted by Crippen LogP contribution is -2.48. The van der Waals surface area contributed by atoms with Crippen LogP contribution in [0.5, 0.6) is 0 Å². The van der Waals surface area contributed by atoms with Crippen molar-refractivity contribution in [3.63, 3.8) is 0 Å². The van der Waals surface area contributed by atoms with Gasteiger partial charge in [-0.15, -0.1) is 0 Å². The fourth-order valence-electron chi connectivity index (χ4n) is 16.5. The predicted octanol–water partition coefficient (Wildman–Crippen LogP) is 14.1. The zero-order chi connectivity index (χ0) is 94.4. The molecule has 36 nitrogen and oxygen atoms in total. The van der Waals surface area contributed by atoms with E-state index in [0.717, 1.165) is 154 Å². The van der Waals surface area contributed by atoms with Gasteiger partial charge in [0.2, 0.25) is 0 Å². The Morgan fingerprint density at radius 3 is 0.543 bits per heavy atom.